The highest BCUT2D eigenvalue weighted by atomic mass is 19.1. The van der Waals surface area contributed by atoms with Gasteiger partial charge in [-0.1, -0.05) is 30.3 Å². The molecule has 132 valence electrons. The van der Waals surface area contributed by atoms with Gasteiger partial charge in [0.05, 0.1) is 11.1 Å². The largest absolute Gasteiger partial charge is 0.368 e. The summed E-state index contributed by atoms with van der Waals surface area (Å²) in [6.45, 7) is 1.72. The van der Waals surface area contributed by atoms with Crippen LogP contribution < -0.4 is 11.1 Å². The highest BCUT2D eigenvalue weighted by Crippen LogP contribution is 2.20. The van der Waals surface area contributed by atoms with Crippen molar-refractivity contribution in [1.29, 1.82) is 0 Å². The lowest BCUT2D eigenvalue weighted by molar-refractivity contribution is -0.119. The third kappa shape index (κ3) is 3.85. The molecule has 0 radical (unpaired) electrons. The Morgan fingerprint density at radius 3 is 2.58 bits per heavy atom. The summed E-state index contributed by atoms with van der Waals surface area (Å²) in [5.41, 5.74) is 7.63. The number of rotatable bonds is 5. The van der Waals surface area contributed by atoms with Crippen LogP contribution >= 0.6 is 0 Å². The normalized spacial score (nSPS) is 11.9. The van der Waals surface area contributed by atoms with Crippen LogP contribution in [-0.2, 0) is 11.2 Å². The smallest absolute Gasteiger partial charge is 0.252 e. The Labute approximate surface area is 150 Å². The van der Waals surface area contributed by atoms with E-state index in [0.29, 0.717) is 28.6 Å². The van der Waals surface area contributed by atoms with Crippen LogP contribution in [0.15, 0.2) is 54.6 Å². The number of hydrogen-bond acceptors (Lipinski definition) is 3. The Morgan fingerprint density at radius 1 is 1.15 bits per heavy atom. The number of aromatic nitrogens is 1. The maximum absolute atomic E-state index is 13.5. The number of aryl methyl sites for hydroxylation is 1. The number of nitrogens with zero attached hydrogens (tertiary/aromatic N) is 1. The molecule has 26 heavy (non-hydrogen) atoms. The van der Waals surface area contributed by atoms with Crippen molar-refractivity contribution < 1.29 is 14.0 Å². The molecule has 0 saturated carbocycles. The summed E-state index contributed by atoms with van der Waals surface area (Å²) in [6.07, 6.45) is 0.290. The molecule has 0 aliphatic carbocycles. The number of hydrogen-bond donors (Lipinski definition) is 2. The predicted molar refractivity (Wildman–Crippen MR) is 97.0 cm³/mol. The highest BCUT2D eigenvalue weighted by molar-refractivity contribution is 6.07. The maximum Gasteiger partial charge on any atom is 0.252 e. The summed E-state index contributed by atoms with van der Waals surface area (Å²) in [5, 5.41) is 3.19. The number of halogens is 1. The molecule has 3 aromatic rings. The fourth-order valence-electron chi connectivity index (χ4n) is 2.83. The Hall–Kier alpha value is -3.28. The van der Waals surface area contributed by atoms with Crippen molar-refractivity contribution in [3.8, 4) is 0 Å². The van der Waals surface area contributed by atoms with Crippen molar-refractivity contribution in [1.82, 2.24) is 10.3 Å². The first-order valence-electron chi connectivity index (χ1n) is 8.15. The molecule has 1 unspecified atom stereocenters. The van der Waals surface area contributed by atoms with Gasteiger partial charge >= 0.3 is 0 Å². The molecule has 2 aromatic carbocycles. The minimum absolute atomic E-state index is 0.290. The van der Waals surface area contributed by atoms with Crippen LogP contribution in [0.5, 0.6) is 0 Å². The second-order valence-electron chi connectivity index (χ2n) is 6.09. The molecule has 0 bridgehead atoms. The van der Waals surface area contributed by atoms with E-state index in [1.165, 1.54) is 18.2 Å². The van der Waals surface area contributed by atoms with Gasteiger partial charge in [0.25, 0.3) is 5.91 Å². The van der Waals surface area contributed by atoms with E-state index >= 15 is 0 Å². The first-order chi connectivity index (χ1) is 12.4. The Kier molecular flexibility index (Phi) is 4.93. The summed E-state index contributed by atoms with van der Waals surface area (Å²) in [6, 6.07) is 14.1. The molecule has 5 nitrogen and oxygen atoms in total. The van der Waals surface area contributed by atoms with Crippen LogP contribution in [0.3, 0.4) is 0 Å². The van der Waals surface area contributed by atoms with Crippen LogP contribution in [0.4, 0.5) is 4.39 Å². The van der Waals surface area contributed by atoms with Gasteiger partial charge in [0, 0.05) is 23.6 Å². The van der Waals surface area contributed by atoms with E-state index in [-0.39, 0.29) is 0 Å². The molecule has 3 rings (SSSR count). The van der Waals surface area contributed by atoms with Gasteiger partial charge in [0.2, 0.25) is 5.91 Å². The quantitative estimate of drug-likeness (QED) is 0.741. The van der Waals surface area contributed by atoms with E-state index in [1.54, 1.807) is 13.0 Å². The van der Waals surface area contributed by atoms with Gasteiger partial charge in [0.1, 0.15) is 11.9 Å². The van der Waals surface area contributed by atoms with Gasteiger partial charge in [-0.3, -0.25) is 14.6 Å². The third-order valence-electron chi connectivity index (χ3n) is 4.08. The molecule has 0 aliphatic heterocycles. The topological polar surface area (TPSA) is 85.1 Å². The van der Waals surface area contributed by atoms with Gasteiger partial charge in [-0.2, -0.15) is 0 Å². The average Bonchev–Trinajstić information content (AvgIpc) is 2.60. The standard InChI is InChI=1S/C20H18FN3O2/c1-12-9-16(15-8-7-14(21)11-17(15)23-12)20(26)24-18(19(22)25)10-13-5-3-2-4-6-13/h2-9,11,18H,10H2,1H3,(H2,22,25)(H,24,26). The SMILES string of the molecule is Cc1cc(C(=O)NC(Cc2ccccc2)C(N)=O)c2ccc(F)cc2n1. The molecule has 1 heterocycles. The van der Waals surface area contributed by atoms with E-state index in [0.717, 1.165) is 5.56 Å². The molecule has 1 atom stereocenters. The number of carbonyl (C=O) groups is 2. The minimum atomic E-state index is -0.853. The first-order valence-corrected chi connectivity index (χ1v) is 8.15. The molecule has 2 amide bonds. The molecule has 0 saturated heterocycles. The van der Waals surface area contributed by atoms with E-state index in [4.69, 9.17) is 5.73 Å². The van der Waals surface area contributed by atoms with Crippen molar-refractivity contribution in [3.05, 3.63) is 77.2 Å². The molecular formula is C20H18FN3O2. The van der Waals surface area contributed by atoms with E-state index in [2.05, 4.69) is 10.3 Å². The second-order valence-corrected chi connectivity index (χ2v) is 6.09. The third-order valence-corrected chi connectivity index (χ3v) is 4.08. The van der Waals surface area contributed by atoms with Crippen molar-refractivity contribution in [3.63, 3.8) is 0 Å². The van der Waals surface area contributed by atoms with Crippen LogP contribution in [0.1, 0.15) is 21.6 Å². The molecule has 0 aliphatic rings. The van der Waals surface area contributed by atoms with Crippen LogP contribution in [0.25, 0.3) is 10.9 Å². The first kappa shape index (κ1) is 17.5. The highest BCUT2D eigenvalue weighted by Gasteiger charge is 2.21. The second kappa shape index (κ2) is 7.31. The van der Waals surface area contributed by atoms with Gasteiger partial charge in [-0.15, -0.1) is 0 Å². The minimum Gasteiger partial charge on any atom is -0.368 e. The monoisotopic (exact) mass is 351 g/mol. The van der Waals surface area contributed by atoms with E-state index in [9.17, 15) is 14.0 Å². The molecule has 0 fully saturated rings. The summed E-state index contributed by atoms with van der Waals surface area (Å²) >= 11 is 0. The van der Waals surface area contributed by atoms with Crippen molar-refractivity contribution >= 4 is 22.7 Å². The number of carbonyl (C=O) groups excluding carboxylic acids is 2. The molecular weight excluding hydrogens is 333 g/mol. The molecule has 3 N–H and O–H groups in total. The number of amides is 2. The zero-order valence-corrected chi connectivity index (χ0v) is 14.2. The summed E-state index contributed by atoms with van der Waals surface area (Å²) in [4.78, 5) is 28.8. The zero-order valence-electron chi connectivity index (χ0n) is 14.2. The Bertz CT molecular complexity index is 968. The summed E-state index contributed by atoms with van der Waals surface area (Å²) in [7, 11) is 0. The van der Waals surface area contributed by atoms with Crippen LogP contribution in [0.2, 0.25) is 0 Å². The molecule has 1 aromatic heterocycles. The summed E-state index contributed by atoms with van der Waals surface area (Å²) in [5.74, 6) is -1.50. The predicted octanol–water partition coefficient (Wildman–Crippen LogP) is 2.51. The Morgan fingerprint density at radius 2 is 1.88 bits per heavy atom. The number of benzene rings is 2. The lowest BCUT2D eigenvalue weighted by Crippen LogP contribution is -2.45. The van der Waals surface area contributed by atoms with Crippen molar-refractivity contribution in [2.24, 2.45) is 5.73 Å². The van der Waals surface area contributed by atoms with Crippen LogP contribution in [0, 0.1) is 12.7 Å². The zero-order chi connectivity index (χ0) is 18.7. The van der Waals surface area contributed by atoms with Gasteiger partial charge in [-0.05, 0) is 30.7 Å². The number of fused-ring (bicyclic) bond motifs is 1. The summed E-state index contributed by atoms with van der Waals surface area (Å²) < 4.78 is 13.5. The number of nitrogens with one attached hydrogen (secondary N) is 1. The van der Waals surface area contributed by atoms with Gasteiger partial charge in [0.15, 0.2) is 0 Å². The Balaban J connectivity index is 1.90. The fraction of sp³-hybridized carbons (Fsp3) is 0.150. The van der Waals surface area contributed by atoms with E-state index < -0.39 is 23.7 Å². The van der Waals surface area contributed by atoms with Crippen molar-refractivity contribution in [2.75, 3.05) is 0 Å². The van der Waals surface area contributed by atoms with Crippen molar-refractivity contribution in [2.45, 2.75) is 19.4 Å². The number of primary amides is 1. The fourth-order valence-corrected chi connectivity index (χ4v) is 2.83. The average molecular weight is 351 g/mol. The molecule has 0 spiro atoms. The molecule has 6 heteroatoms. The number of pyridine rings is 1. The lowest BCUT2D eigenvalue weighted by atomic mass is 10.0. The van der Waals surface area contributed by atoms with Crippen LogP contribution in [-0.4, -0.2) is 22.8 Å². The van der Waals surface area contributed by atoms with Gasteiger partial charge < -0.3 is 11.1 Å². The van der Waals surface area contributed by atoms with E-state index in [1.807, 2.05) is 30.3 Å². The van der Waals surface area contributed by atoms with Gasteiger partial charge in [-0.25, -0.2) is 4.39 Å². The lowest BCUT2D eigenvalue weighted by Gasteiger charge is -2.16. The maximum atomic E-state index is 13.5. The number of nitrogens with two attached hydrogens (primary N) is 1.